The highest BCUT2D eigenvalue weighted by molar-refractivity contribution is 5.87. The van der Waals surface area contributed by atoms with Crippen LogP contribution in [0.4, 0.5) is 13.2 Å². The van der Waals surface area contributed by atoms with Crippen molar-refractivity contribution in [1.82, 2.24) is 4.90 Å². The molecule has 1 atom stereocenters. The van der Waals surface area contributed by atoms with Crippen molar-refractivity contribution in [2.24, 2.45) is 4.99 Å². The first-order valence-electron chi connectivity index (χ1n) is 10.1. The van der Waals surface area contributed by atoms with Gasteiger partial charge in [-0.05, 0) is 50.4 Å². The van der Waals surface area contributed by atoms with Crippen molar-refractivity contribution >= 4 is 11.6 Å². The maximum Gasteiger partial charge on any atom is 0.416 e. The second-order valence-corrected chi connectivity index (χ2v) is 7.21. The standard InChI is InChI=1S/C22H31F3N2O/c1-5-7-8-10-17-12-13-18(15-19(17)22(23,24)25)16(3)26-21(28-4)20-11-9-14-27(20)6-2/h12-13,15,20H,3,5-11,14H2,1-2,4H3/b26-21-. The van der Waals surface area contributed by atoms with Gasteiger partial charge in [0.05, 0.1) is 24.4 Å². The van der Waals surface area contributed by atoms with E-state index in [1.165, 1.54) is 6.07 Å². The van der Waals surface area contributed by atoms with Crippen LogP contribution in [0.25, 0.3) is 5.70 Å². The van der Waals surface area contributed by atoms with Crippen molar-refractivity contribution < 1.29 is 17.9 Å². The lowest BCUT2D eigenvalue weighted by molar-refractivity contribution is -0.138. The lowest BCUT2D eigenvalue weighted by Crippen LogP contribution is -2.36. The summed E-state index contributed by atoms with van der Waals surface area (Å²) in [7, 11) is 1.55. The first-order valence-corrected chi connectivity index (χ1v) is 10.1. The number of benzene rings is 1. The van der Waals surface area contributed by atoms with Gasteiger partial charge in [0.15, 0.2) is 0 Å². The number of likely N-dealkylation sites (N-methyl/N-ethyl adjacent to an activating group) is 1. The van der Waals surface area contributed by atoms with Crippen LogP contribution in [-0.2, 0) is 17.3 Å². The molecule has 0 saturated carbocycles. The molecule has 0 bridgehead atoms. The van der Waals surface area contributed by atoms with Crippen LogP contribution in [0, 0.1) is 0 Å². The molecule has 0 N–H and O–H groups in total. The van der Waals surface area contributed by atoms with Crippen LogP contribution in [-0.4, -0.2) is 37.0 Å². The van der Waals surface area contributed by atoms with E-state index in [1.807, 2.05) is 6.92 Å². The minimum Gasteiger partial charge on any atom is -0.483 e. The molecule has 0 spiro atoms. The molecule has 28 heavy (non-hydrogen) atoms. The van der Waals surface area contributed by atoms with Crippen LogP contribution in [0.15, 0.2) is 29.8 Å². The zero-order chi connectivity index (χ0) is 20.7. The first-order chi connectivity index (χ1) is 13.3. The van der Waals surface area contributed by atoms with E-state index in [2.05, 4.69) is 23.4 Å². The fourth-order valence-electron chi connectivity index (χ4n) is 3.74. The number of ether oxygens (including phenoxy) is 1. The molecule has 1 aromatic carbocycles. The van der Waals surface area contributed by atoms with Gasteiger partial charge in [0.25, 0.3) is 0 Å². The number of aliphatic imine (C=N–C) groups is 1. The summed E-state index contributed by atoms with van der Waals surface area (Å²) in [5.41, 5.74) is 0.418. The Bertz CT molecular complexity index is 698. The molecule has 6 heteroatoms. The summed E-state index contributed by atoms with van der Waals surface area (Å²) in [5, 5.41) is 0. The zero-order valence-corrected chi connectivity index (χ0v) is 17.1. The Morgan fingerprint density at radius 1 is 1.29 bits per heavy atom. The van der Waals surface area contributed by atoms with Gasteiger partial charge in [0, 0.05) is 5.56 Å². The molecule has 2 rings (SSSR count). The van der Waals surface area contributed by atoms with Crippen LogP contribution in [0.3, 0.4) is 0 Å². The van der Waals surface area contributed by atoms with Crippen molar-refractivity contribution in [3.8, 4) is 0 Å². The summed E-state index contributed by atoms with van der Waals surface area (Å²) in [6.07, 6.45) is 0.658. The number of hydrogen-bond donors (Lipinski definition) is 0. The third-order valence-electron chi connectivity index (χ3n) is 5.31. The Morgan fingerprint density at radius 3 is 2.64 bits per heavy atom. The summed E-state index contributed by atoms with van der Waals surface area (Å²) in [5.74, 6) is 0.518. The Balaban J connectivity index is 2.29. The van der Waals surface area contributed by atoms with E-state index in [4.69, 9.17) is 4.74 Å². The molecule has 1 fully saturated rings. The van der Waals surface area contributed by atoms with E-state index < -0.39 is 11.7 Å². The van der Waals surface area contributed by atoms with Crippen molar-refractivity contribution in [2.75, 3.05) is 20.2 Å². The summed E-state index contributed by atoms with van der Waals surface area (Å²) < 4.78 is 46.2. The number of aryl methyl sites for hydroxylation is 1. The SMILES string of the molecule is C=C(/N=C(\OC)C1CCCN1CC)c1ccc(CCCCC)c(C(F)(F)F)c1. The largest absolute Gasteiger partial charge is 0.483 e. The number of methoxy groups -OCH3 is 1. The third kappa shape index (κ3) is 5.60. The van der Waals surface area contributed by atoms with Crippen LogP contribution in [0.1, 0.15) is 62.6 Å². The van der Waals surface area contributed by atoms with Gasteiger partial charge in [-0.25, -0.2) is 4.99 Å². The van der Waals surface area contributed by atoms with Crippen LogP contribution in [0.5, 0.6) is 0 Å². The number of halogens is 3. The van der Waals surface area contributed by atoms with Crippen molar-refractivity contribution in [3.05, 3.63) is 41.5 Å². The predicted octanol–water partition coefficient (Wildman–Crippen LogP) is 5.94. The second kappa shape index (κ2) is 10.1. The van der Waals surface area contributed by atoms with Crippen molar-refractivity contribution in [3.63, 3.8) is 0 Å². The van der Waals surface area contributed by atoms with Crippen molar-refractivity contribution in [1.29, 1.82) is 0 Å². The monoisotopic (exact) mass is 396 g/mol. The Labute approximate surface area is 166 Å². The van der Waals surface area contributed by atoms with Gasteiger partial charge in [-0.1, -0.05) is 45.4 Å². The van der Waals surface area contributed by atoms with E-state index in [-0.39, 0.29) is 6.04 Å². The molecule has 0 aliphatic carbocycles. The Morgan fingerprint density at radius 2 is 2.04 bits per heavy atom. The van der Waals surface area contributed by atoms with Gasteiger partial charge < -0.3 is 4.74 Å². The molecule has 0 radical (unpaired) electrons. The van der Waals surface area contributed by atoms with E-state index >= 15 is 0 Å². The zero-order valence-electron chi connectivity index (χ0n) is 17.1. The maximum atomic E-state index is 13.6. The van der Waals surface area contributed by atoms with Crippen molar-refractivity contribution in [2.45, 2.75) is 64.6 Å². The summed E-state index contributed by atoms with van der Waals surface area (Å²) in [4.78, 5) is 6.72. The van der Waals surface area contributed by atoms with Gasteiger partial charge >= 0.3 is 6.18 Å². The minimum atomic E-state index is -4.39. The highest BCUT2D eigenvalue weighted by Crippen LogP contribution is 2.35. The van der Waals surface area contributed by atoms with E-state index in [1.54, 1.807) is 19.2 Å². The fourth-order valence-corrected chi connectivity index (χ4v) is 3.74. The average molecular weight is 396 g/mol. The van der Waals surface area contributed by atoms with Crippen LogP contribution >= 0.6 is 0 Å². The predicted molar refractivity (Wildman–Crippen MR) is 108 cm³/mol. The molecule has 1 unspecified atom stereocenters. The molecule has 1 aliphatic rings. The molecule has 1 heterocycles. The van der Waals surface area contributed by atoms with Gasteiger partial charge in [-0.3, -0.25) is 4.90 Å². The lowest BCUT2D eigenvalue weighted by atomic mass is 9.97. The van der Waals surface area contributed by atoms with Gasteiger partial charge in [0.1, 0.15) is 0 Å². The second-order valence-electron chi connectivity index (χ2n) is 7.21. The Kier molecular flexibility index (Phi) is 8.10. The van der Waals surface area contributed by atoms with Crippen LogP contribution in [0.2, 0.25) is 0 Å². The van der Waals surface area contributed by atoms with Gasteiger partial charge in [-0.2, -0.15) is 13.2 Å². The number of nitrogens with zero attached hydrogens (tertiary/aromatic N) is 2. The smallest absolute Gasteiger partial charge is 0.416 e. The highest BCUT2D eigenvalue weighted by Gasteiger charge is 2.34. The normalized spacial score (nSPS) is 18.5. The first kappa shape index (κ1) is 22.5. The Hall–Kier alpha value is -1.82. The maximum absolute atomic E-state index is 13.6. The average Bonchev–Trinajstić information content (AvgIpc) is 3.14. The lowest BCUT2D eigenvalue weighted by Gasteiger charge is -2.23. The third-order valence-corrected chi connectivity index (χ3v) is 5.31. The number of likely N-dealkylation sites (tertiary alicyclic amines) is 1. The number of alkyl halides is 3. The molecule has 0 amide bonds. The molecule has 1 aromatic rings. The molecule has 1 saturated heterocycles. The summed E-state index contributed by atoms with van der Waals surface area (Å²) >= 11 is 0. The van der Waals surface area contributed by atoms with Crippen LogP contribution < -0.4 is 0 Å². The van der Waals surface area contributed by atoms with Gasteiger partial charge in [0.2, 0.25) is 5.90 Å². The molecule has 0 aromatic heterocycles. The molecule has 156 valence electrons. The number of hydrogen-bond acceptors (Lipinski definition) is 3. The summed E-state index contributed by atoms with van der Waals surface area (Å²) in [6.45, 7) is 9.87. The van der Waals surface area contributed by atoms with Gasteiger partial charge in [-0.15, -0.1) is 0 Å². The van der Waals surface area contributed by atoms with E-state index in [0.29, 0.717) is 29.1 Å². The van der Waals surface area contributed by atoms with E-state index in [9.17, 15) is 13.2 Å². The molecular weight excluding hydrogens is 365 g/mol. The number of rotatable bonds is 8. The molecule has 3 nitrogen and oxygen atoms in total. The molecule has 1 aliphatic heterocycles. The highest BCUT2D eigenvalue weighted by atomic mass is 19.4. The number of unbranched alkanes of at least 4 members (excludes halogenated alkanes) is 2. The summed E-state index contributed by atoms with van der Waals surface area (Å²) in [6, 6.07) is 4.48. The quantitative estimate of drug-likeness (QED) is 0.309. The van der Waals surface area contributed by atoms with E-state index in [0.717, 1.165) is 45.2 Å². The topological polar surface area (TPSA) is 24.8 Å². The molecular formula is C22H31F3N2O. The fraction of sp³-hybridized carbons (Fsp3) is 0.591. The minimum absolute atomic E-state index is 0.0575.